The molecule has 10 heteroatoms. The van der Waals surface area contributed by atoms with E-state index in [1.165, 1.54) is 0 Å². The molecule has 2 rings (SSSR count). The molecule has 2 aromatic rings. The second-order valence-electron chi connectivity index (χ2n) is 4.61. The molecule has 0 heterocycles. The van der Waals surface area contributed by atoms with Crippen molar-refractivity contribution in [2.24, 2.45) is 0 Å². The van der Waals surface area contributed by atoms with Crippen LogP contribution in [0.25, 0.3) is 0 Å². The molecule has 1 amide bonds. The van der Waals surface area contributed by atoms with Gasteiger partial charge in [-0.1, -0.05) is 19.4 Å². The molecule has 0 aromatic heterocycles. The summed E-state index contributed by atoms with van der Waals surface area (Å²) in [7, 11) is -9.77. The highest BCUT2D eigenvalue weighted by atomic mass is 32.5. The third-order valence-electron chi connectivity index (χ3n) is 2.77. The smallest absolute Gasteiger partial charge is 0.310 e. The van der Waals surface area contributed by atoms with Gasteiger partial charge in [0.05, 0.1) is 0 Å². The Morgan fingerprint density at radius 1 is 0.957 bits per heavy atom. The Balaban J connectivity index is 2.22. The van der Waals surface area contributed by atoms with Gasteiger partial charge in [0.1, 0.15) is 4.90 Å². The van der Waals surface area contributed by atoms with Gasteiger partial charge >= 0.3 is 10.2 Å². The largest absolute Gasteiger partial charge is 0.505 e. The molecule has 23 heavy (non-hydrogen) atoms. The van der Waals surface area contributed by atoms with Crippen LogP contribution < -0.4 is 5.32 Å². The molecule has 2 aromatic carbocycles. The Morgan fingerprint density at radius 3 is 2.00 bits per heavy atom. The fourth-order valence-corrected chi connectivity index (χ4v) is 2.30. The lowest BCUT2D eigenvalue weighted by Gasteiger charge is -2.40. The quantitative estimate of drug-likeness (QED) is 0.719. The lowest BCUT2D eigenvalue weighted by Crippen LogP contribution is -2.12. The van der Waals surface area contributed by atoms with Crippen molar-refractivity contribution in [2.45, 2.75) is 4.90 Å². The lowest BCUT2D eigenvalue weighted by atomic mass is 10.2. The maximum absolute atomic E-state index is 13.1. The van der Waals surface area contributed by atoms with Crippen LogP contribution in [0.15, 0.2) is 47.4 Å². The molecule has 3 nitrogen and oxygen atoms in total. The zero-order valence-electron chi connectivity index (χ0n) is 11.1. The van der Waals surface area contributed by atoms with E-state index < -0.39 is 32.6 Å². The number of hydrogen-bond donors (Lipinski definition) is 2. The van der Waals surface area contributed by atoms with E-state index in [0.717, 1.165) is 12.1 Å². The summed E-state index contributed by atoms with van der Waals surface area (Å²) in [5.74, 6) is -2.63. The summed E-state index contributed by atoms with van der Waals surface area (Å²) in [5, 5.41) is 11.1. The molecule has 0 aliphatic heterocycles. The fourth-order valence-electron chi connectivity index (χ4n) is 1.65. The topological polar surface area (TPSA) is 49.3 Å². The van der Waals surface area contributed by atoms with Crippen LogP contribution in [0, 0.1) is 5.82 Å². The molecule has 0 radical (unpaired) electrons. The van der Waals surface area contributed by atoms with Crippen LogP contribution in [0.5, 0.6) is 5.75 Å². The van der Waals surface area contributed by atoms with Gasteiger partial charge in [0.15, 0.2) is 11.6 Å². The minimum absolute atomic E-state index is 0.147. The summed E-state index contributed by atoms with van der Waals surface area (Å²) in [6, 6.07) is 4.32. The molecule has 0 saturated carbocycles. The van der Waals surface area contributed by atoms with Crippen LogP contribution >= 0.6 is 10.2 Å². The Hall–Kier alpha value is -2.36. The first-order chi connectivity index (χ1) is 10.3. The molecule has 0 aliphatic rings. The number of phenols is 1. The van der Waals surface area contributed by atoms with Gasteiger partial charge in [-0.25, -0.2) is 4.39 Å². The Morgan fingerprint density at radius 2 is 1.52 bits per heavy atom. The second-order valence-corrected chi connectivity index (χ2v) is 7.02. The van der Waals surface area contributed by atoms with E-state index in [0.29, 0.717) is 18.2 Å². The van der Waals surface area contributed by atoms with Crippen LogP contribution in [-0.2, 0) is 0 Å². The molecular weight excluding hydrogens is 348 g/mol. The zero-order valence-corrected chi connectivity index (χ0v) is 11.9. The minimum Gasteiger partial charge on any atom is -0.505 e. The van der Waals surface area contributed by atoms with Gasteiger partial charge < -0.3 is 10.4 Å². The molecular formula is C13H9F6NO2S. The van der Waals surface area contributed by atoms with Crippen molar-refractivity contribution >= 4 is 21.8 Å². The van der Waals surface area contributed by atoms with Crippen LogP contribution in [0.4, 0.5) is 29.5 Å². The highest BCUT2D eigenvalue weighted by Gasteiger charge is 2.65. The lowest BCUT2D eigenvalue weighted by molar-refractivity contribution is 0.102. The first kappa shape index (κ1) is 17.0. The first-order valence-corrected chi connectivity index (χ1v) is 7.85. The maximum atomic E-state index is 13.1. The molecule has 0 spiro atoms. The van der Waals surface area contributed by atoms with Gasteiger partial charge in [0.2, 0.25) is 0 Å². The summed E-state index contributed by atoms with van der Waals surface area (Å²) in [4.78, 5) is 9.68. The summed E-state index contributed by atoms with van der Waals surface area (Å²) in [6.45, 7) is 0. The van der Waals surface area contributed by atoms with E-state index in [9.17, 15) is 28.6 Å². The number of hydrogen-bond acceptors (Lipinski definition) is 2. The van der Waals surface area contributed by atoms with E-state index in [1.54, 1.807) is 0 Å². The molecule has 0 unspecified atom stereocenters. The first-order valence-electron chi connectivity index (χ1n) is 5.90. The monoisotopic (exact) mass is 357 g/mol. The number of aromatic hydroxyl groups is 1. The van der Waals surface area contributed by atoms with Gasteiger partial charge in [0.25, 0.3) is 5.91 Å². The minimum atomic E-state index is -9.77. The molecule has 0 aliphatic carbocycles. The van der Waals surface area contributed by atoms with E-state index >= 15 is 0 Å². The van der Waals surface area contributed by atoms with E-state index in [4.69, 9.17) is 5.11 Å². The SMILES string of the molecule is O=C(Nc1ccc(S(F)(F)(F)(F)F)cc1)c1ccc(O)c(F)c1. The average Bonchev–Trinajstić information content (AvgIpc) is 2.40. The van der Waals surface area contributed by atoms with E-state index in [-0.39, 0.29) is 23.4 Å². The third kappa shape index (κ3) is 4.09. The van der Waals surface area contributed by atoms with Crippen molar-refractivity contribution in [1.82, 2.24) is 0 Å². The van der Waals surface area contributed by atoms with Crippen molar-refractivity contribution < 1.29 is 33.7 Å². The highest BCUT2D eigenvalue weighted by molar-refractivity contribution is 8.45. The van der Waals surface area contributed by atoms with E-state index in [1.807, 2.05) is 0 Å². The average molecular weight is 357 g/mol. The van der Waals surface area contributed by atoms with Crippen LogP contribution in [0.2, 0.25) is 0 Å². The van der Waals surface area contributed by atoms with E-state index in [2.05, 4.69) is 5.32 Å². The Bertz CT molecular complexity index is 774. The summed E-state index contributed by atoms with van der Waals surface area (Å²) in [5.41, 5.74) is -0.397. The van der Waals surface area contributed by atoms with Gasteiger partial charge in [-0.05, 0) is 42.5 Å². The Kier molecular flexibility index (Phi) is 3.38. The van der Waals surface area contributed by atoms with Crippen LogP contribution in [0.1, 0.15) is 10.4 Å². The van der Waals surface area contributed by atoms with Gasteiger partial charge in [0, 0.05) is 11.3 Å². The standard InChI is InChI=1S/C13H9F6NO2S/c14-11-7-8(1-6-12(11)21)13(22)20-9-2-4-10(5-3-9)23(15,16,17,18)19/h1-7,21H,(H,20,22). The van der Waals surface area contributed by atoms with Crippen LogP contribution in [-0.4, -0.2) is 11.0 Å². The second kappa shape index (κ2) is 4.57. The van der Waals surface area contributed by atoms with Crippen molar-refractivity contribution in [2.75, 3.05) is 5.32 Å². The molecule has 0 fully saturated rings. The van der Waals surface area contributed by atoms with Crippen molar-refractivity contribution in [1.29, 1.82) is 0 Å². The number of anilines is 1. The highest BCUT2D eigenvalue weighted by Crippen LogP contribution is 3.02. The molecule has 126 valence electrons. The van der Waals surface area contributed by atoms with Gasteiger partial charge in [-0.15, -0.1) is 0 Å². The van der Waals surface area contributed by atoms with Gasteiger partial charge in [-0.2, -0.15) is 0 Å². The number of amides is 1. The molecule has 0 atom stereocenters. The number of halogens is 6. The number of benzene rings is 2. The molecule has 0 bridgehead atoms. The van der Waals surface area contributed by atoms with Crippen molar-refractivity contribution in [3.05, 3.63) is 53.8 Å². The zero-order chi connectivity index (χ0) is 17.5. The fraction of sp³-hybridized carbons (Fsp3) is 0. The summed E-state index contributed by atoms with van der Waals surface area (Å²) in [6.07, 6.45) is 0. The van der Waals surface area contributed by atoms with Crippen molar-refractivity contribution in [3.63, 3.8) is 0 Å². The predicted molar refractivity (Wildman–Crippen MR) is 73.9 cm³/mol. The van der Waals surface area contributed by atoms with Crippen LogP contribution in [0.3, 0.4) is 0 Å². The molecule has 2 N–H and O–H groups in total. The summed E-state index contributed by atoms with van der Waals surface area (Å²) >= 11 is 0. The normalized spacial score (nSPS) is 14.7. The number of phenolic OH excluding ortho intramolecular Hbond substituents is 1. The number of carbonyl (C=O) groups is 1. The Labute approximate surface area is 126 Å². The third-order valence-corrected chi connectivity index (χ3v) is 3.93. The van der Waals surface area contributed by atoms with Crippen molar-refractivity contribution in [3.8, 4) is 5.75 Å². The molecule has 0 saturated heterocycles. The number of rotatable bonds is 3. The number of carbonyl (C=O) groups excluding carboxylic acids is 1. The summed E-state index contributed by atoms with van der Waals surface area (Å²) < 4.78 is 75.8. The number of nitrogens with one attached hydrogen (secondary N) is 1. The predicted octanol–water partition coefficient (Wildman–Crippen LogP) is 5.44. The van der Waals surface area contributed by atoms with Gasteiger partial charge in [-0.3, -0.25) is 4.79 Å². The maximum Gasteiger partial charge on any atom is 0.310 e.